The summed E-state index contributed by atoms with van der Waals surface area (Å²) >= 11 is 7.82. The van der Waals surface area contributed by atoms with Crippen molar-refractivity contribution >= 4 is 35.3 Å². The molecule has 0 aliphatic carbocycles. The van der Waals surface area contributed by atoms with Crippen LogP contribution in [-0.2, 0) is 6.54 Å². The molecular weight excluding hydrogens is 263 g/mol. The van der Waals surface area contributed by atoms with Crippen LogP contribution in [0.1, 0.15) is 18.2 Å². The third-order valence-electron chi connectivity index (χ3n) is 3.19. The number of thiophene rings is 1. The maximum atomic E-state index is 6.08. The van der Waals surface area contributed by atoms with E-state index in [1.165, 1.54) is 11.3 Å². The SMILES string of the molecule is CC1(CN)CCN(Cc2sccc2Cl)C1.Cl. The fourth-order valence-electron chi connectivity index (χ4n) is 2.07. The Balaban J connectivity index is 0.00000128. The summed E-state index contributed by atoms with van der Waals surface area (Å²) in [6, 6.07) is 1.97. The molecule has 0 saturated carbocycles. The van der Waals surface area contributed by atoms with E-state index in [4.69, 9.17) is 17.3 Å². The molecule has 1 aliphatic rings. The van der Waals surface area contributed by atoms with Gasteiger partial charge in [0.1, 0.15) is 0 Å². The molecule has 0 spiro atoms. The van der Waals surface area contributed by atoms with Crippen molar-refractivity contribution in [2.45, 2.75) is 19.9 Å². The quantitative estimate of drug-likeness (QED) is 0.923. The summed E-state index contributed by atoms with van der Waals surface area (Å²) in [5, 5.41) is 2.96. The Morgan fingerprint density at radius 1 is 1.62 bits per heavy atom. The van der Waals surface area contributed by atoms with Crippen LogP contribution in [0.4, 0.5) is 0 Å². The Morgan fingerprint density at radius 3 is 2.88 bits per heavy atom. The zero-order valence-electron chi connectivity index (χ0n) is 9.41. The predicted molar refractivity (Wildman–Crippen MR) is 73.6 cm³/mol. The molecule has 5 heteroatoms. The zero-order valence-corrected chi connectivity index (χ0v) is 11.8. The van der Waals surface area contributed by atoms with Crippen LogP contribution in [0.5, 0.6) is 0 Å². The zero-order chi connectivity index (χ0) is 10.9. The van der Waals surface area contributed by atoms with Crippen LogP contribution >= 0.6 is 35.3 Å². The van der Waals surface area contributed by atoms with Gasteiger partial charge in [-0.05, 0) is 36.4 Å². The van der Waals surface area contributed by atoms with Crippen LogP contribution in [0.25, 0.3) is 0 Å². The average molecular weight is 281 g/mol. The molecule has 2 heterocycles. The van der Waals surface area contributed by atoms with E-state index in [1.807, 2.05) is 6.07 Å². The molecule has 1 fully saturated rings. The second kappa shape index (κ2) is 5.69. The lowest BCUT2D eigenvalue weighted by molar-refractivity contribution is 0.276. The van der Waals surface area contributed by atoms with E-state index >= 15 is 0 Å². The van der Waals surface area contributed by atoms with E-state index in [9.17, 15) is 0 Å². The minimum absolute atomic E-state index is 0. The third kappa shape index (κ3) is 3.11. The normalized spacial score (nSPS) is 25.7. The number of halogens is 2. The molecule has 1 aromatic rings. The van der Waals surface area contributed by atoms with E-state index in [0.29, 0.717) is 5.41 Å². The summed E-state index contributed by atoms with van der Waals surface area (Å²) in [5.74, 6) is 0. The number of hydrogen-bond acceptors (Lipinski definition) is 3. The minimum Gasteiger partial charge on any atom is -0.330 e. The molecule has 0 radical (unpaired) electrons. The maximum Gasteiger partial charge on any atom is 0.0558 e. The molecule has 1 aromatic heterocycles. The minimum atomic E-state index is 0. The van der Waals surface area contributed by atoms with Gasteiger partial charge in [-0.1, -0.05) is 18.5 Å². The van der Waals surface area contributed by atoms with Gasteiger partial charge in [0.05, 0.1) is 5.02 Å². The number of hydrogen-bond donors (Lipinski definition) is 1. The summed E-state index contributed by atoms with van der Waals surface area (Å²) in [4.78, 5) is 3.72. The summed E-state index contributed by atoms with van der Waals surface area (Å²) < 4.78 is 0. The Labute approximate surface area is 112 Å². The largest absolute Gasteiger partial charge is 0.330 e. The summed E-state index contributed by atoms with van der Waals surface area (Å²) in [6.45, 7) is 6.26. The van der Waals surface area contributed by atoms with Crippen LogP contribution in [0.15, 0.2) is 11.4 Å². The Bertz CT molecular complexity index is 342. The topological polar surface area (TPSA) is 29.3 Å². The third-order valence-corrected chi connectivity index (χ3v) is 4.56. The second-order valence-corrected chi connectivity index (χ2v) is 6.08. The van der Waals surface area contributed by atoms with E-state index in [-0.39, 0.29) is 12.4 Å². The number of nitrogens with zero attached hydrogens (tertiary/aromatic N) is 1. The van der Waals surface area contributed by atoms with Gasteiger partial charge >= 0.3 is 0 Å². The number of rotatable bonds is 3. The smallest absolute Gasteiger partial charge is 0.0558 e. The highest BCUT2D eigenvalue weighted by Crippen LogP contribution is 2.31. The molecule has 1 unspecified atom stereocenters. The van der Waals surface area contributed by atoms with Crippen LogP contribution < -0.4 is 5.73 Å². The molecular formula is C11H18Cl2N2S. The van der Waals surface area contributed by atoms with Crippen molar-refractivity contribution in [3.8, 4) is 0 Å². The van der Waals surface area contributed by atoms with Gasteiger partial charge in [-0.25, -0.2) is 0 Å². The maximum absolute atomic E-state index is 6.08. The summed E-state index contributed by atoms with van der Waals surface area (Å²) in [6.07, 6.45) is 1.20. The lowest BCUT2D eigenvalue weighted by Gasteiger charge is -2.22. The summed E-state index contributed by atoms with van der Waals surface area (Å²) in [5.41, 5.74) is 6.09. The van der Waals surface area contributed by atoms with Crippen LogP contribution in [0.3, 0.4) is 0 Å². The summed E-state index contributed by atoms with van der Waals surface area (Å²) in [7, 11) is 0. The van der Waals surface area contributed by atoms with Crippen LogP contribution in [0, 0.1) is 5.41 Å². The van der Waals surface area contributed by atoms with E-state index in [1.54, 1.807) is 11.3 Å². The monoisotopic (exact) mass is 280 g/mol. The van der Waals surface area contributed by atoms with Crippen molar-refractivity contribution < 1.29 is 0 Å². The van der Waals surface area contributed by atoms with E-state index in [0.717, 1.165) is 31.2 Å². The molecule has 92 valence electrons. The molecule has 2 nitrogen and oxygen atoms in total. The first-order chi connectivity index (χ1) is 7.13. The van der Waals surface area contributed by atoms with Gasteiger partial charge in [-0.3, -0.25) is 4.90 Å². The molecule has 1 saturated heterocycles. The standard InChI is InChI=1S/C11H17ClN2S.ClH/c1-11(7-13)3-4-14(8-11)6-10-9(12)2-5-15-10;/h2,5H,3-4,6-8,13H2,1H3;1H. The average Bonchev–Trinajstić information content (AvgIpc) is 2.77. The lowest BCUT2D eigenvalue weighted by atomic mass is 9.90. The van der Waals surface area contributed by atoms with E-state index in [2.05, 4.69) is 17.2 Å². The molecule has 2 N–H and O–H groups in total. The number of likely N-dealkylation sites (tertiary alicyclic amines) is 1. The second-order valence-electron chi connectivity index (χ2n) is 4.67. The number of nitrogens with two attached hydrogens (primary N) is 1. The molecule has 16 heavy (non-hydrogen) atoms. The lowest BCUT2D eigenvalue weighted by Crippen LogP contribution is -2.31. The van der Waals surface area contributed by atoms with Crippen molar-refractivity contribution in [3.05, 3.63) is 21.3 Å². The van der Waals surface area contributed by atoms with Crippen molar-refractivity contribution in [2.75, 3.05) is 19.6 Å². The Hall–Kier alpha value is 0.200. The van der Waals surface area contributed by atoms with Crippen molar-refractivity contribution in [2.24, 2.45) is 11.1 Å². The molecule has 1 atom stereocenters. The van der Waals surface area contributed by atoms with Gasteiger partial charge in [-0.2, -0.15) is 0 Å². The molecule has 2 rings (SSSR count). The van der Waals surface area contributed by atoms with Crippen LogP contribution in [-0.4, -0.2) is 24.5 Å². The first kappa shape index (κ1) is 14.3. The molecule has 0 bridgehead atoms. The predicted octanol–water partition coefficient (Wildman–Crippen LogP) is 2.99. The first-order valence-electron chi connectivity index (χ1n) is 5.27. The fraction of sp³-hybridized carbons (Fsp3) is 0.636. The Morgan fingerprint density at radius 2 is 2.38 bits per heavy atom. The van der Waals surface area contributed by atoms with Gasteiger partial charge in [0, 0.05) is 18.0 Å². The highest BCUT2D eigenvalue weighted by molar-refractivity contribution is 7.10. The highest BCUT2D eigenvalue weighted by Gasteiger charge is 2.32. The Kier molecular flexibility index (Phi) is 5.08. The fourth-order valence-corrected chi connectivity index (χ4v) is 3.21. The van der Waals surface area contributed by atoms with E-state index < -0.39 is 0 Å². The van der Waals surface area contributed by atoms with Crippen molar-refractivity contribution in [1.82, 2.24) is 4.90 Å². The molecule has 0 aromatic carbocycles. The first-order valence-corrected chi connectivity index (χ1v) is 6.53. The van der Waals surface area contributed by atoms with Crippen molar-refractivity contribution in [3.63, 3.8) is 0 Å². The van der Waals surface area contributed by atoms with Gasteiger partial charge in [0.15, 0.2) is 0 Å². The van der Waals surface area contributed by atoms with Gasteiger partial charge in [-0.15, -0.1) is 23.7 Å². The van der Waals surface area contributed by atoms with Crippen molar-refractivity contribution in [1.29, 1.82) is 0 Å². The van der Waals surface area contributed by atoms with Gasteiger partial charge in [0.2, 0.25) is 0 Å². The highest BCUT2D eigenvalue weighted by atomic mass is 35.5. The van der Waals surface area contributed by atoms with Crippen LogP contribution in [0.2, 0.25) is 5.02 Å². The van der Waals surface area contributed by atoms with Gasteiger partial charge < -0.3 is 5.73 Å². The van der Waals surface area contributed by atoms with Gasteiger partial charge in [0.25, 0.3) is 0 Å². The molecule has 1 aliphatic heterocycles. The molecule has 0 amide bonds.